The van der Waals surface area contributed by atoms with Crippen LogP contribution in [-0.4, -0.2) is 18.8 Å². The Bertz CT molecular complexity index is 123. The Hall–Kier alpha value is -0.110. The predicted octanol–water partition coefficient (Wildman–Crippen LogP) is 2.27. The van der Waals surface area contributed by atoms with E-state index in [2.05, 4.69) is 5.32 Å². The van der Waals surface area contributed by atoms with E-state index in [-0.39, 0.29) is 0 Å². The van der Waals surface area contributed by atoms with Gasteiger partial charge in [0.25, 0.3) is 0 Å². The molecule has 0 radical (unpaired) electrons. The van der Waals surface area contributed by atoms with E-state index >= 15 is 0 Å². The fourth-order valence-electron chi connectivity index (χ4n) is 1.75. The fourth-order valence-corrected chi connectivity index (χ4v) is 1.75. The molecule has 1 nitrogen and oxygen atoms in total. The molecule has 1 saturated carbocycles. The molecular formula is C9H18FN. The first-order valence-electron chi connectivity index (χ1n) is 4.50. The number of alkyl halides is 1. The van der Waals surface area contributed by atoms with Crippen molar-refractivity contribution < 1.29 is 4.39 Å². The maximum Gasteiger partial charge on any atom is 0.108 e. The summed E-state index contributed by atoms with van der Waals surface area (Å²) >= 11 is 0. The first-order chi connectivity index (χ1) is 5.14. The molecule has 0 saturated heterocycles. The Balaban J connectivity index is 2.39. The normalized spacial score (nSPS) is 40.1. The highest BCUT2D eigenvalue weighted by molar-refractivity contribution is 4.81. The van der Waals surface area contributed by atoms with Crippen LogP contribution in [0, 0.1) is 0 Å². The summed E-state index contributed by atoms with van der Waals surface area (Å²) in [5.74, 6) is 0. The van der Waals surface area contributed by atoms with Crippen molar-refractivity contribution in [2.75, 3.05) is 7.05 Å². The molecule has 0 spiro atoms. The molecule has 11 heavy (non-hydrogen) atoms. The largest absolute Gasteiger partial charge is 0.317 e. The molecule has 0 amide bonds. The molecule has 0 aliphatic heterocycles. The molecule has 2 heteroatoms. The summed E-state index contributed by atoms with van der Waals surface area (Å²) in [5, 5.41) is 3.22. The van der Waals surface area contributed by atoms with Gasteiger partial charge in [0.15, 0.2) is 0 Å². The lowest BCUT2D eigenvalue weighted by molar-refractivity contribution is 0.164. The lowest BCUT2D eigenvalue weighted by Crippen LogP contribution is -2.24. The van der Waals surface area contributed by atoms with Gasteiger partial charge < -0.3 is 5.32 Å². The van der Waals surface area contributed by atoms with Gasteiger partial charge in [-0.1, -0.05) is 0 Å². The van der Waals surface area contributed by atoms with E-state index in [1.807, 2.05) is 7.05 Å². The summed E-state index contributed by atoms with van der Waals surface area (Å²) in [6.07, 6.45) is 4.61. The number of hydrogen-bond acceptors (Lipinski definition) is 1. The van der Waals surface area contributed by atoms with Crippen LogP contribution in [0.25, 0.3) is 0 Å². The van der Waals surface area contributed by atoms with Crippen molar-refractivity contribution in [3.8, 4) is 0 Å². The third-order valence-electron chi connectivity index (χ3n) is 2.67. The van der Waals surface area contributed by atoms with Crippen LogP contribution in [0.2, 0.25) is 0 Å². The molecule has 1 fully saturated rings. The molecule has 0 aromatic carbocycles. The van der Waals surface area contributed by atoms with Crippen molar-refractivity contribution in [3.63, 3.8) is 0 Å². The third-order valence-corrected chi connectivity index (χ3v) is 2.67. The smallest absolute Gasteiger partial charge is 0.108 e. The van der Waals surface area contributed by atoms with Crippen molar-refractivity contribution in [2.24, 2.45) is 0 Å². The van der Waals surface area contributed by atoms with E-state index in [1.54, 1.807) is 6.92 Å². The molecule has 0 heterocycles. The van der Waals surface area contributed by atoms with Gasteiger partial charge in [0.2, 0.25) is 0 Å². The molecule has 2 atom stereocenters. The molecule has 1 aliphatic carbocycles. The van der Waals surface area contributed by atoms with Crippen LogP contribution >= 0.6 is 0 Å². The molecule has 1 aliphatic rings. The summed E-state index contributed by atoms with van der Waals surface area (Å²) in [5.41, 5.74) is -0.897. The van der Waals surface area contributed by atoms with E-state index < -0.39 is 5.67 Å². The third kappa shape index (κ3) is 2.78. The van der Waals surface area contributed by atoms with E-state index in [9.17, 15) is 4.39 Å². The highest BCUT2D eigenvalue weighted by Crippen LogP contribution is 2.29. The Morgan fingerprint density at radius 1 is 1.36 bits per heavy atom. The van der Waals surface area contributed by atoms with Gasteiger partial charge in [0, 0.05) is 6.04 Å². The molecule has 0 aromatic heterocycles. The second-order valence-corrected chi connectivity index (χ2v) is 3.83. The first-order valence-corrected chi connectivity index (χ1v) is 4.50. The standard InChI is InChI=1S/C9H18FN/c1-9(10)6-3-4-8(11-2)5-7-9/h8,11H,3-7H2,1-2H3/t8?,9-/m1/s1. The van der Waals surface area contributed by atoms with Gasteiger partial charge >= 0.3 is 0 Å². The number of hydrogen-bond donors (Lipinski definition) is 1. The van der Waals surface area contributed by atoms with Gasteiger partial charge in [0.05, 0.1) is 0 Å². The summed E-state index contributed by atoms with van der Waals surface area (Å²) in [7, 11) is 1.96. The van der Waals surface area contributed by atoms with Crippen molar-refractivity contribution in [2.45, 2.75) is 50.7 Å². The number of halogens is 1. The van der Waals surface area contributed by atoms with Crippen LogP contribution < -0.4 is 5.32 Å². The lowest BCUT2D eigenvalue weighted by atomic mass is 9.99. The maximum absolute atomic E-state index is 13.4. The highest BCUT2D eigenvalue weighted by Gasteiger charge is 2.27. The van der Waals surface area contributed by atoms with Gasteiger partial charge in [-0.2, -0.15) is 0 Å². The zero-order chi connectivity index (χ0) is 8.32. The monoisotopic (exact) mass is 159 g/mol. The summed E-state index contributed by atoms with van der Waals surface area (Å²) < 4.78 is 13.4. The molecule has 1 unspecified atom stereocenters. The topological polar surface area (TPSA) is 12.0 Å². The van der Waals surface area contributed by atoms with Crippen molar-refractivity contribution in [1.29, 1.82) is 0 Å². The Kier molecular flexibility index (Phi) is 2.88. The minimum atomic E-state index is -0.897. The van der Waals surface area contributed by atoms with E-state index in [1.165, 1.54) is 0 Å². The lowest BCUT2D eigenvalue weighted by Gasteiger charge is -2.17. The number of rotatable bonds is 1. The van der Waals surface area contributed by atoms with Crippen LogP contribution in [0.3, 0.4) is 0 Å². The van der Waals surface area contributed by atoms with Crippen LogP contribution in [0.15, 0.2) is 0 Å². The van der Waals surface area contributed by atoms with E-state index in [0.717, 1.165) is 32.1 Å². The summed E-state index contributed by atoms with van der Waals surface area (Å²) in [4.78, 5) is 0. The van der Waals surface area contributed by atoms with Crippen LogP contribution in [0.5, 0.6) is 0 Å². The molecule has 0 bridgehead atoms. The second kappa shape index (κ2) is 3.53. The van der Waals surface area contributed by atoms with Crippen LogP contribution in [-0.2, 0) is 0 Å². The summed E-state index contributed by atoms with van der Waals surface area (Å²) in [6, 6.07) is 0.549. The Morgan fingerprint density at radius 3 is 2.73 bits per heavy atom. The van der Waals surface area contributed by atoms with Gasteiger partial charge in [0.1, 0.15) is 5.67 Å². The average Bonchev–Trinajstić information content (AvgIpc) is 2.10. The zero-order valence-electron chi connectivity index (χ0n) is 7.49. The van der Waals surface area contributed by atoms with E-state index in [0.29, 0.717) is 6.04 Å². The Labute approximate surface area is 68.4 Å². The molecule has 0 aromatic rings. The van der Waals surface area contributed by atoms with Crippen molar-refractivity contribution >= 4 is 0 Å². The Morgan fingerprint density at radius 2 is 2.09 bits per heavy atom. The zero-order valence-corrected chi connectivity index (χ0v) is 7.49. The molecule has 1 rings (SSSR count). The van der Waals surface area contributed by atoms with Gasteiger partial charge in [-0.05, 0) is 46.1 Å². The SMILES string of the molecule is CNC1CCC[C@@](C)(F)CC1. The second-order valence-electron chi connectivity index (χ2n) is 3.83. The van der Waals surface area contributed by atoms with Crippen molar-refractivity contribution in [3.05, 3.63) is 0 Å². The molecular weight excluding hydrogens is 141 g/mol. The first kappa shape index (κ1) is 8.98. The predicted molar refractivity (Wildman–Crippen MR) is 45.4 cm³/mol. The number of nitrogens with one attached hydrogen (secondary N) is 1. The molecule has 66 valence electrons. The quantitative estimate of drug-likeness (QED) is 0.579. The maximum atomic E-state index is 13.4. The van der Waals surface area contributed by atoms with E-state index in [4.69, 9.17) is 0 Å². The molecule has 1 N–H and O–H groups in total. The van der Waals surface area contributed by atoms with Gasteiger partial charge in [-0.25, -0.2) is 4.39 Å². The van der Waals surface area contributed by atoms with Gasteiger partial charge in [-0.15, -0.1) is 0 Å². The van der Waals surface area contributed by atoms with Gasteiger partial charge in [-0.3, -0.25) is 0 Å². The average molecular weight is 159 g/mol. The minimum Gasteiger partial charge on any atom is -0.317 e. The van der Waals surface area contributed by atoms with Crippen molar-refractivity contribution in [1.82, 2.24) is 5.32 Å². The highest BCUT2D eigenvalue weighted by atomic mass is 19.1. The van der Waals surface area contributed by atoms with Crippen LogP contribution in [0.4, 0.5) is 4.39 Å². The summed E-state index contributed by atoms with van der Waals surface area (Å²) in [6.45, 7) is 1.73. The van der Waals surface area contributed by atoms with Crippen LogP contribution in [0.1, 0.15) is 39.0 Å². The fraction of sp³-hybridized carbons (Fsp3) is 1.00. The minimum absolute atomic E-state index is 0.549.